The van der Waals surface area contributed by atoms with E-state index in [-0.39, 0.29) is 37.6 Å². The number of rotatable bonds is 10. The zero-order valence-electron chi connectivity index (χ0n) is 24.0. The maximum atomic E-state index is 14.5. The highest BCUT2D eigenvalue weighted by Crippen LogP contribution is 2.37. The van der Waals surface area contributed by atoms with Gasteiger partial charge in [0, 0.05) is 19.4 Å². The lowest BCUT2D eigenvalue weighted by Gasteiger charge is -2.44. The summed E-state index contributed by atoms with van der Waals surface area (Å²) in [6.07, 6.45) is -0.815. The Hall–Kier alpha value is -4.54. The fraction of sp³-hybridized carbons (Fsp3) is 0.286. The van der Waals surface area contributed by atoms with E-state index in [1.165, 1.54) is 15.3 Å². The molecule has 45 heavy (non-hydrogen) atoms. The number of fused-ring (bicyclic) bond motifs is 2. The van der Waals surface area contributed by atoms with Gasteiger partial charge in [0.15, 0.2) is 0 Å². The van der Waals surface area contributed by atoms with E-state index in [0.717, 1.165) is 21.9 Å². The van der Waals surface area contributed by atoms with Crippen LogP contribution in [0, 0.1) is 0 Å². The molecular weight excluding hydrogens is 590 g/mol. The molecule has 2 saturated heterocycles. The normalized spacial score (nSPS) is 20.2. The smallest absolute Gasteiger partial charge is 0.303 e. The summed E-state index contributed by atoms with van der Waals surface area (Å²) < 4.78 is 30.1. The van der Waals surface area contributed by atoms with Gasteiger partial charge in [-0.3, -0.25) is 14.4 Å². The molecule has 2 heterocycles. The van der Waals surface area contributed by atoms with Crippen molar-refractivity contribution >= 4 is 38.6 Å². The molecule has 0 bridgehead atoms. The monoisotopic (exact) mass is 627 g/mol. The third-order valence-corrected chi connectivity index (χ3v) is 10.4. The number of benzene rings is 4. The van der Waals surface area contributed by atoms with Gasteiger partial charge in [-0.15, -0.1) is 0 Å². The first-order valence-corrected chi connectivity index (χ1v) is 16.1. The maximum Gasteiger partial charge on any atom is 0.303 e. The van der Waals surface area contributed by atoms with Crippen LogP contribution in [-0.2, 0) is 37.2 Å². The molecule has 3 atom stereocenters. The van der Waals surface area contributed by atoms with Crippen molar-refractivity contribution in [1.29, 1.82) is 0 Å². The van der Waals surface area contributed by atoms with Gasteiger partial charge in [0.2, 0.25) is 21.8 Å². The zero-order chi connectivity index (χ0) is 30.8. The van der Waals surface area contributed by atoms with E-state index in [2.05, 4.69) is 0 Å². The highest BCUT2D eigenvalue weighted by atomic mass is 32.2. The molecule has 234 valence electrons. The fourth-order valence-corrected chi connectivity index (χ4v) is 8.10. The third-order valence-electron chi connectivity index (χ3n) is 8.49. The quantitative estimate of drug-likeness (QED) is 0.276. The number of carboxylic acid groups (broad SMARTS) is 1. The lowest BCUT2D eigenvalue weighted by molar-refractivity contribution is -0.152. The molecule has 1 N–H and O–H groups in total. The SMILES string of the molecule is C.O=C(O)CC[C@H]1C(=O)N2[C@@H](Cc3ccccc3)C(=O)N(CCc3ccccc3)C[C@@H]2N1S(=O)(=O)c1ccc2ccccc2c1. The number of carboxylic acids is 1. The van der Waals surface area contributed by atoms with Crippen molar-refractivity contribution in [1.82, 2.24) is 14.1 Å². The molecule has 2 aliphatic heterocycles. The van der Waals surface area contributed by atoms with E-state index >= 15 is 0 Å². The Balaban J connectivity index is 0.00000400. The molecule has 0 aliphatic carbocycles. The summed E-state index contributed by atoms with van der Waals surface area (Å²) in [5.41, 5.74) is 1.87. The van der Waals surface area contributed by atoms with Crippen LogP contribution in [-0.4, -0.2) is 76.8 Å². The van der Waals surface area contributed by atoms with Crippen LogP contribution in [0.15, 0.2) is 108 Å². The lowest BCUT2D eigenvalue weighted by atomic mass is 9.99. The van der Waals surface area contributed by atoms with Crippen LogP contribution in [0.1, 0.15) is 31.4 Å². The van der Waals surface area contributed by atoms with Gasteiger partial charge >= 0.3 is 5.97 Å². The number of carbonyl (C=O) groups excluding carboxylic acids is 2. The third kappa shape index (κ3) is 6.34. The molecule has 4 aromatic rings. The predicted molar refractivity (Wildman–Crippen MR) is 172 cm³/mol. The van der Waals surface area contributed by atoms with Crippen LogP contribution in [0.3, 0.4) is 0 Å². The summed E-state index contributed by atoms with van der Waals surface area (Å²) in [5.74, 6) is -1.93. The Morgan fingerprint density at radius 2 is 1.40 bits per heavy atom. The molecule has 0 saturated carbocycles. The molecule has 0 unspecified atom stereocenters. The molecule has 0 radical (unpaired) electrons. The summed E-state index contributed by atoms with van der Waals surface area (Å²) in [6.45, 7) is 0.329. The van der Waals surface area contributed by atoms with Crippen LogP contribution in [0.5, 0.6) is 0 Å². The van der Waals surface area contributed by atoms with Crippen LogP contribution < -0.4 is 0 Å². The number of aliphatic carboxylic acids is 1. The summed E-state index contributed by atoms with van der Waals surface area (Å²) >= 11 is 0. The topological polar surface area (TPSA) is 115 Å². The fourth-order valence-electron chi connectivity index (χ4n) is 6.33. The van der Waals surface area contributed by atoms with Crippen molar-refractivity contribution < 1.29 is 27.9 Å². The van der Waals surface area contributed by atoms with Gasteiger partial charge < -0.3 is 14.9 Å². The lowest BCUT2D eigenvalue weighted by Crippen LogP contribution is -2.64. The minimum Gasteiger partial charge on any atom is -0.481 e. The second-order valence-corrected chi connectivity index (χ2v) is 13.1. The Labute approximate surface area is 263 Å². The van der Waals surface area contributed by atoms with Crippen molar-refractivity contribution in [2.75, 3.05) is 13.1 Å². The Morgan fingerprint density at radius 3 is 2.07 bits per heavy atom. The maximum absolute atomic E-state index is 14.5. The van der Waals surface area contributed by atoms with Crippen molar-refractivity contribution in [3.05, 3.63) is 114 Å². The molecule has 0 spiro atoms. The Bertz CT molecular complexity index is 1800. The summed E-state index contributed by atoms with van der Waals surface area (Å²) in [5, 5.41) is 11.1. The number of sulfonamides is 1. The van der Waals surface area contributed by atoms with E-state index in [9.17, 15) is 27.9 Å². The molecule has 2 aliphatic rings. The minimum atomic E-state index is -4.29. The van der Waals surface area contributed by atoms with Crippen molar-refractivity contribution in [2.45, 2.75) is 56.3 Å². The number of amides is 2. The van der Waals surface area contributed by atoms with E-state index in [1.54, 1.807) is 17.0 Å². The molecule has 2 fully saturated rings. The van der Waals surface area contributed by atoms with Gasteiger partial charge in [-0.2, -0.15) is 4.31 Å². The highest BCUT2D eigenvalue weighted by Gasteiger charge is 2.58. The molecule has 2 amide bonds. The van der Waals surface area contributed by atoms with Crippen molar-refractivity contribution in [3.8, 4) is 0 Å². The van der Waals surface area contributed by atoms with Crippen LogP contribution in [0.2, 0.25) is 0 Å². The second kappa shape index (κ2) is 13.2. The molecule has 10 heteroatoms. The van der Waals surface area contributed by atoms with Crippen molar-refractivity contribution in [2.24, 2.45) is 0 Å². The number of nitrogens with zero attached hydrogens (tertiary/aromatic N) is 3. The van der Waals surface area contributed by atoms with Crippen molar-refractivity contribution in [3.63, 3.8) is 0 Å². The summed E-state index contributed by atoms with van der Waals surface area (Å²) in [6, 6.07) is 29.0. The first kappa shape index (κ1) is 31.9. The standard InChI is InChI=1S/C34H33N3O6S.CH4/c38-32(39)18-17-29-34(41)36-30(21-25-11-5-2-6-12-25)33(40)35(20-19-24-9-3-1-4-10-24)23-31(36)37(29)44(42,43)28-16-15-26-13-7-8-14-27(26)22-28;/h1-16,22,29-31H,17-21,23H2,(H,38,39);1H4/t29-,30-,31-;/m0./s1. The molecule has 6 rings (SSSR count). The van der Waals surface area contributed by atoms with Gasteiger partial charge in [0.05, 0.1) is 11.4 Å². The van der Waals surface area contributed by atoms with Crippen LogP contribution in [0.25, 0.3) is 10.8 Å². The van der Waals surface area contributed by atoms with Gasteiger partial charge in [-0.25, -0.2) is 8.42 Å². The molecular formula is C35H37N3O6S. The van der Waals surface area contributed by atoms with E-state index < -0.39 is 46.6 Å². The van der Waals surface area contributed by atoms with E-state index in [1.807, 2.05) is 84.9 Å². The van der Waals surface area contributed by atoms with Gasteiger partial charge in [0.1, 0.15) is 18.2 Å². The minimum absolute atomic E-state index is 0. The Morgan fingerprint density at radius 1 is 0.778 bits per heavy atom. The number of carbonyl (C=O) groups is 3. The summed E-state index contributed by atoms with van der Waals surface area (Å²) in [4.78, 5) is 42.9. The first-order chi connectivity index (χ1) is 21.2. The van der Waals surface area contributed by atoms with Gasteiger partial charge in [0.25, 0.3) is 0 Å². The molecule has 9 nitrogen and oxygen atoms in total. The molecule has 0 aromatic heterocycles. The number of hydrogen-bond acceptors (Lipinski definition) is 5. The predicted octanol–water partition coefficient (Wildman–Crippen LogP) is 4.56. The number of piperazine rings is 1. The van der Waals surface area contributed by atoms with Crippen LogP contribution >= 0.6 is 0 Å². The Kier molecular flexibility index (Phi) is 9.36. The summed E-state index contributed by atoms with van der Waals surface area (Å²) in [7, 11) is -4.29. The van der Waals surface area contributed by atoms with Crippen LogP contribution in [0.4, 0.5) is 0 Å². The van der Waals surface area contributed by atoms with Gasteiger partial charge in [-0.05, 0) is 46.9 Å². The van der Waals surface area contributed by atoms with E-state index in [4.69, 9.17) is 0 Å². The first-order valence-electron chi connectivity index (χ1n) is 14.7. The van der Waals surface area contributed by atoms with Gasteiger partial charge in [-0.1, -0.05) is 98.4 Å². The highest BCUT2D eigenvalue weighted by molar-refractivity contribution is 7.89. The number of hydrogen-bond donors (Lipinski definition) is 1. The largest absolute Gasteiger partial charge is 0.481 e. The average Bonchev–Trinajstić information content (AvgIpc) is 3.32. The average molecular weight is 628 g/mol. The second-order valence-electron chi connectivity index (χ2n) is 11.2. The molecule has 4 aromatic carbocycles. The van der Waals surface area contributed by atoms with E-state index in [0.29, 0.717) is 13.0 Å². The zero-order valence-corrected chi connectivity index (χ0v) is 24.8.